The van der Waals surface area contributed by atoms with Gasteiger partial charge in [-0.3, -0.25) is 9.52 Å². The number of ether oxygens (including phenoxy) is 2. The summed E-state index contributed by atoms with van der Waals surface area (Å²) in [5.41, 5.74) is 1.63. The van der Waals surface area contributed by atoms with Gasteiger partial charge in [-0.25, -0.2) is 8.42 Å². The van der Waals surface area contributed by atoms with E-state index in [1.54, 1.807) is 24.3 Å². The Morgan fingerprint density at radius 3 is 2.22 bits per heavy atom. The number of carbonyl (C=O) groups excluding carboxylic acids is 1. The predicted molar refractivity (Wildman–Crippen MR) is 124 cm³/mol. The van der Waals surface area contributed by atoms with Crippen LogP contribution in [0.3, 0.4) is 0 Å². The van der Waals surface area contributed by atoms with Crippen LogP contribution in [0.1, 0.15) is 29.8 Å². The number of hydrogen-bond acceptors (Lipinski definition) is 5. The number of para-hydroxylation sites is 1. The van der Waals surface area contributed by atoms with Gasteiger partial charge in [0.05, 0.1) is 18.1 Å². The molecule has 32 heavy (non-hydrogen) atoms. The number of hydrogen-bond donors (Lipinski definition) is 2. The van der Waals surface area contributed by atoms with Crippen molar-refractivity contribution in [3.63, 3.8) is 0 Å². The smallest absolute Gasteiger partial charge is 0.261 e. The van der Waals surface area contributed by atoms with Crippen LogP contribution in [0, 0.1) is 0 Å². The van der Waals surface area contributed by atoms with Gasteiger partial charge in [0.1, 0.15) is 11.5 Å². The minimum absolute atomic E-state index is 0.0212. The number of sulfonamides is 1. The van der Waals surface area contributed by atoms with E-state index in [0.717, 1.165) is 5.56 Å². The Balaban J connectivity index is 1.65. The number of amides is 1. The maximum atomic E-state index is 12.6. The van der Waals surface area contributed by atoms with Crippen LogP contribution in [0.5, 0.6) is 11.5 Å². The zero-order valence-electron chi connectivity index (χ0n) is 18.2. The maximum absolute atomic E-state index is 12.6. The molecule has 0 aliphatic rings. The van der Waals surface area contributed by atoms with Gasteiger partial charge in [0.2, 0.25) is 0 Å². The van der Waals surface area contributed by atoms with E-state index in [1.165, 1.54) is 31.4 Å². The van der Waals surface area contributed by atoms with Crippen molar-refractivity contribution >= 4 is 21.6 Å². The van der Waals surface area contributed by atoms with Crippen molar-refractivity contribution < 1.29 is 22.7 Å². The summed E-state index contributed by atoms with van der Waals surface area (Å²) in [7, 11) is -2.25. The summed E-state index contributed by atoms with van der Waals surface area (Å²) < 4.78 is 38.6. The number of nitrogens with one attached hydrogen (secondary N) is 2. The summed E-state index contributed by atoms with van der Waals surface area (Å²) in [4.78, 5) is 12.6. The molecule has 0 aromatic heterocycles. The molecule has 8 heteroatoms. The fourth-order valence-electron chi connectivity index (χ4n) is 2.95. The van der Waals surface area contributed by atoms with Crippen LogP contribution in [0.4, 0.5) is 5.69 Å². The Morgan fingerprint density at radius 1 is 0.938 bits per heavy atom. The SMILES string of the molecule is COc1ccc(NS(=O)(=O)c2ccc(C(=O)NCc3ccccc3OC(C)C)cc2)cc1. The first-order valence-corrected chi connectivity index (χ1v) is 11.6. The summed E-state index contributed by atoms with van der Waals surface area (Å²) in [5, 5.41) is 2.84. The van der Waals surface area contributed by atoms with Gasteiger partial charge in [-0.15, -0.1) is 0 Å². The molecule has 7 nitrogen and oxygen atoms in total. The van der Waals surface area contributed by atoms with Crippen LogP contribution in [0.15, 0.2) is 77.7 Å². The molecule has 3 aromatic rings. The molecule has 0 saturated heterocycles. The highest BCUT2D eigenvalue weighted by Gasteiger charge is 2.16. The van der Waals surface area contributed by atoms with E-state index in [0.29, 0.717) is 29.3 Å². The van der Waals surface area contributed by atoms with Crippen LogP contribution in [0.25, 0.3) is 0 Å². The molecular formula is C24H26N2O5S. The average molecular weight is 455 g/mol. The van der Waals surface area contributed by atoms with Crippen LogP contribution in [-0.2, 0) is 16.6 Å². The molecule has 0 atom stereocenters. The molecule has 3 rings (SSSR count). The Morgan fingerprint density at radius 2 is 1.59 bits per heavy atom. The van der Waals surface area contributed by atoms with Gasteiger partial charge in [-0.1, -0.05) is 18.2 Å². The molecule has 0 aliphatic heterocycles. The Labute approximate surface area is 188 Å². The van der Waals surface area contributed by atoms with Gasteiger partial charge >= 0.3 is 0 Å². The van der Waals surface area contributed by atoms with Gasteiger partial charge in [-0.05, 0) is 68.4 Å². The molecule has 0 fully saturated rings. The lowest BCUT2D eigenvalue weighted by Gasteiger charge is -2.14. The number of carbonyl (C=O) groups is 1. The Hall–Kier alpha value is -3.52. The maximum Gasteiger partial charge on any atom is 0.261 e. The van der Waals surface area contributed by atoms with Crippen LogP contribution >= 0.6 is 0 Å². The zero-order chi connectivity index (χ0) is 23.1. The van der Waals surface area contributed by atoms with Crippen molar-refractivity contribution in [2.75, 3.05) is 11.8 Å². The molecule has 3 aromatic carbocycles. The Kier molecular flexibility index (Phi) is 7.37. The highest BCUT2D eigenvalue weighted by molar-refractivity contribution is 7.92. The number of rotatable bonds is 9. The Bertz CT molecular complexity index is 1160. The lowest BCUT2D eigenvalue weighted by atomic mass is 10.1. The van der Waals surface area contributed by atoms with Gasteiger partial charge in [0.15, 0.2) is 0 Å². The molecule has 2 N–H and O–H groups in total. The number of anilines is 1. The van der Waals surface area contributed by atoms with Gasteiger partial charge in [0.25, 0.3) is 15.9 Å². The number of benzene rings is 3. The third-order valence-electron chi connectivity index (χ3n) is 4.54. The van der Waals surface area contributed by atoms with Crippen LogP contribution < -0.4 is 19.5 Å². The zero-order valence-corrected chi connectivity index (χ0v) is 19.0. The van der Waals surface area contributed by atoms with Gasteiger partial charge in [-0.2, -0.15) is 0 Å². The molecule has 0 aliphatic carbocycles. The first-order valence-electron chi connectivity index (χ1n) is 10.1. The fourth-order valence-corrected chi connectivity index (χ4v) is 4.01. The lowest BCUT2D eigenvalue weighted by molar-refractivity contribution is 0.0950. The van der Waals surface area contributed by atoms with Crippen molar-refractivity contribution in [2.45, 2.75) is 31.4 Å². The first-order chi connectivity index (χ1) is 15.3. The number of methoxy groups -OCH3 is 1. The van der Waals surface area contributed by atoms with Crippen molar-refractivity contribution in [3.8, 4) is 11.5 Å². The normalized spacial score (nSPS) is 11.1. The largest absolute Gasteiger partial charge is 0.497 e. The second-order valence-corrected chi connectivity index (χ2v) is 9.00. The molecule has 0 heterocycles. The van der Waals surface area contributed by atoms with Crippen LogP contribution in [0.2, 0.25) is 0 Å². The summed E-state index contributed by atoms with van der Waals surface area (Å²) >= 11 is 0. The van der Waals surface area contributed by atoms with Gasteiger partial charge < -0.3 is 14.8 Å². The van der Waals surface area contributed by atoms with Crippen molar-refractivity contribution in [3.05, 3.63) is 83.9 Å². The molecule has 1 amide bonds. The summed E-state index contributed by atoms with van der Waals surface area (Å²) in [5.74, 6) is 1.03. The van der Waals surface area contributed by atoms with Crippen molar-refractivity contribution in [1.29, 1.82) is 0 Å². The summed E-state index contributed by atoms with van der Waals surface area (Å²) in [6.07, 6.45) is 0.0212. The first kappa shape index (κ1) is 23.1. The molecule has 0 unspecified atom stereocenters. The molecule has 0 saturated carbocycles. The van der Waals surface area contributed by atoms with E-state index in [1.807, 2.05) is 38.1 Å². The molecule has 0 spiro atoms. The van der Waals surface area contributed by atoms with E-state index in [9.17, 15) is 13.2 Å². The average Bonchev–Trinajstić information content (AvgIpc) is 2.78. The molecule has 168 valence electrons. The highest BCUT2D eigenvalue weighted by Crippen LogP contribution is 2.21. The molecule has 0 bridgehead atoms. The standard InChI is InChI=1S/C24H26N2O5S/c1-17(2)31-23-7-5-4-6-19(23)16-25-24(27)18-8-14-22(15-9-18)32(28,29)26-20-10-12-21(30-3)13-11-20/h4-15,17,26H,16H2,1-3H3,(H,25,27). The van der Waals surface area contributed by atoms with Gasteiger partial charge in [0, 0.05) is 23.4 Å². The van der Waals surface area contributed by atoms with E-state index in [2.05, 4.69) is 10.0 Å². The topological polar surface area (TPSA) is 93.7 Å². The predicted octanol–water partition coefficient (Wildman–Crippen LogP) is 4.21. The molecule has 0 radical (unpaired) electrons. The summed E-state index contributed by atoms with van der Waals surface area (Å²) in [6.45, 7) is 4.17. The minimum atomic E-state index is -3.79. The van der Waals surface area contributed by atoms with E-state index < -0.39 is 10.0 Å². The van der Waals surface area contributed by atoms with E-state index in [-0.39, 0.29) is 16.9 Å². The second kappa shape index (κ2) is 10.2. The fraction of sp³-hybridized carbons (Fsp3) is 0.208. The van der Waals surface area contributed by atoms with E-state index >= 15 is 0 Å². The highest BCUT2D eigenvalue weighted by atomic mass is 32.2. The van der Waals surface area contributed by atoms with E-state index in [4.69, 9.17) is 9.47 Å². The third kappa shape index (κ3) is 6.01. The monoisotopic (exact) mass is 454 g/mol. The quantitative estimate of drug-likeness (QED) is 0.505. The third-order valence-corrected chi connectivity index (χ3v) is 5.94. The molecular weight excluding hydrogens is 428 g/mol. The van der Waals surface area contributed by atoms with Crippen LogP contribution in [-0.4, -0.2) is 27.5 Å². The minimum Gasteiger partial charge on any atom is -0.497 e. The van der Waals surface area contributed by atoms with Crippen molar-refractivity contribution in [2.24, 2.45) is 0 Å². The summed E-state index contributed by atoms with van der Waals surface area (Å²) in [6, 6.07) is 19.8. The van der Waals surface area contributed by atoms with Crippen molar-refractivity contribution in [1.82, 2.24) is 5.32 Å². The second-order valence-electron chi connectivity index (χ2n) is 7.32. The lowest BCUT2D eigenvalue weighted by Crippen LogP contribution is -2.23.